The quantitative estimate of drug-likeness (QED) is 0.415. The standard InChI is InChI=1S/C15H10BrF3N2O6/c1-7(26-14(23)11-4-5-12(16)27-11)13(22)20-10-3-2-8(21(24)25)6-9(10)15(17,18)19/h2-7H,1H3,(H,20,22)/t7-/m0/s1. The highest BCUT2D eigenvalue weighted by atomic mass is 79.9. The highest BCUT2D eigenvalue weighted by molar-refractivity contribution is 9.10. The number of carbonyl (C=O) groups is 2. The molecule has 1 aromatic heterocycles. The molecule has 8 nitrogen and oxygen atoms in total. The summed E-state index contributed by atoms with van der Waals surface area (Å²) in [6.45, 7) is 1.14. The van der Waals surface area contributed by atoms with Gasteiger partial charge in [0.15, 0.2) is 10.8 Å². The van der Waals surface area contributed by atoms with Gasteiger partial charge in [-0.3, -0.25) is 14.9 Å². The highest BCUT2D eigenvalue weighted by Gasteiger charge is 2.36. The summed E-state index contributed by atoms with van der Waals surface area (Å²) in [6.07, 6.45) is -6.41. The molecule has 0 bridgehead atoms. The number of anilines is 1. The molecule has 2 rings (SSSR count). The fraction of sp³-hybridized carbons (Fsp3) is 0.200. The molecule has 0 aliphatic carbocycles. The Hall–Kier alpha value is -2.89. The fourth-order valence-electron chi connectivity index (χ4n) is 1.92. The zero-order chi connectivity index (χ0) is 20.4. The zero-order valence-corrected chi connectivity index (χ0v) is 15.0. The summed E-state index contributed by atoms with van der Waals surface area (Å²) in [7, 11) is 0. The van der Waals surface area contributed by atoms with Gasteiger partial charge in [0.25, 0.3) is 11.6 Å². The van der Waals surface area contributed by atoms with E-state index in [9.17, 15) is 32.9 Å². The fourth-order valence-corrected chi connectivity index (χ4v) is 2.23. The molecule has 27 heavy (non-hydrogen) atoms. The zero-order valence-electron chi connectivity index (χ0n) is 13.4. The summed E-state index contributed by atoms with van der Waals surface area (Å²) in [5.74, 6) is -2.27. The predicted molar refractivity (Wildman–Crippen MR) is 88.0 cm³/mol. The third-order valence-corrected chi connectivity index (χ3v) is 3.63. The molecule has 0 aliphatic rings. The van der Waals surface area contributed by atoms with Crippen molar-refractivity contribution in [3.8, 4) is 0 Å². The largest absolute Gasteiger partial charge is 0.447 e. The van der Waals surface area contributed by atoms with Crippen molar-refractivity contribution in [2.24, 2.45) is 0 Å². The maximum absolute atomic E-state index is 13.1. The van der Waals surface area contributed by atoms with Gasteiger partial charge in [-0.1, -0.05) is 0 Å². The number of hydrogen-bond acceptors (Lipinski definition) is 6. The number of benzene rings is 1. The smallest absolute Gasteiger partial charge is 0.418 e. The van der Waals surface area contributed by atoms with E-state index < -0.39 is 46.0 Å². The van der Waals surface area contributed by atoms with Crippen molar-refractivity contribution in [2.75, 3.05) is 5.32 Å². The van der Waals surface area contributed by atoms with E-state index in [0.717, 1.165) is 19.1 Å². The lowest BCUT2D eigenvalue weighted by Gasteiger charge is -2.16. The van der Waals surface area contributed by atoms with Gasteiger partial charge in [-0.05, 0) is 41.1 Å². The topological polar surface area (TPSA) is 112 Å². The average molecular weight is 451 g/mol. The molecule has 0 aliphatic heterocycles. The van der Waals surface area contributed by atoms with Crippen LogP contribution in [-0.4, -0.2) is 22.9 Å². The van der Waals surface area contributed by atoms with Crippen LogP contribution >= 0.6 is 15.9 Å². The van der Waals surface area contributed by atoms with Gasteiger partial charge < -0.3 is 14.5 Å². The Kier molecular flexibility index (Phi) is 5.88. The monoisotopic (exact) mass is 450 g/mol. The summed E-state index contributed by atoms with van der Waals surface area (Å²) in [5.41, 5.74) is -2.90. The molecule has 0 saturated carbocycles. The normalized spacial score (nSPS) is 12.3. The van der Waals surface area contributed by atoms with Crippen molar-refractivity contribution in [3.63, 3.8) is 0 Å². The molecule has 1 atom stereocenters. The second kappa shape index (κ2) is 7.78. The van der Waals surface area contributed by atoms with Crippen LogP contribution in [0.3, 0.4) is 0 Å². The molecule has 0 fully saturated rings. The number of esters is 1. The Balaban J connectivity index is 2.16. The number of halogens is 4. The maximum atomic E-state index is 13.1. The highest BCUT2D eigenvalue weighted by Crippen LogP contribution is 2.37. The molecule has 0 spiro atoms. The first-order valence-corrected chi connectivity index (χ1v) is 7.91. The molecule has 1 heterocycles. The number of nitrogens with zero attached hydrogens (tertiary/aromatic N) is 1. The molecule has 1 N–H and O–H groups in total. The van der Waals surface area contributed by atoms with Gasteiger partial charge in [-0.15, -0.1) is 0 Å². The van der Waals surface area contributed by atoms with Crippen molar-refractivity contribution >= 4 is 39.2 Å². The van der Waals surface area contributed by atoms with Crippen molar-refractivity contribution < 1.29 is 36.8 Å². The number of non-ortho nitro benzene ring substituents is 1. The van der Waals surface area contributed by atoms with E-state index >= 15 is 0 Å². The van der Waals surface area contributed by atoms with Crippen LogP contribution in [0.1, 0.15) is 23.0 Å². The van der Waals surface area contributed by atoms with E-state index in [0.29, 0.717) is 6.07 Å². The first kappa shape index (κ1) is 20.4. The Morgan fingerprint density at radius 3 is 2.48 bits per heavy atom. The van der Waals surface area contributed by atoms with Gasteiger partial charge in [0.1, 0.15) is 0 Å². The number of ether oxygens (including phenoxy) is 1. The van der Waals surface area contributed by atoms with Crippen molar-refractivity contribution in [1.29, 1.82) is 0 Å². The average Bonchev–Trinajstić information content (AvgIpc) is 3.00. The van der Waals surface area contributed by atoms with E-state index in [2.05, 4.69) is 15.9 Å². The molecule has 1 aromatic carbocycles. The first-order valence-electron chi connectivity index (χ1n) is 7.12. The summed E-state index contributed by atoms with van der Waals surface area (Å²) in [6, 6.07) is 4.54. The number of amides is 1. The summed E-state index contributed by atoms with van der Waals surface area (Å²) < 4.78 is 49.3. The van der Waals surface area contributed by atoms with Crippen molar-refractivity contribution in [1.82, 2.24) is 0 Å². The van der Waals surface area contributed by atoms with Crippen LogP contribution in [0.5, 0.6) is 0 Å². The van der Waals surface area contributed by atoms with Crippen molar-refractivity contribution in [2.45, 2.75) is 19.2 Å². The molecule has 0 unspecified atom stereocenters. The van der Waals surface area contributed by atoms with Gasteiger partial charge in [0, 0.05) is 12.1 Å². The lowest BCUT2D eigenvalue weighted by Crippen LogP contribution is -2.30. The number of rotatable bonds is 5. The third kappa shape index (κ3) is 5.06. The van der Waals surface area contributed by atoms with Crippen LogP contribution in [-0.2, 0) is 15.7 Å². The van der Waals surface area contributed by atoms with Crippen LogP contribution in [0.25, 0.3) is 0 Å². The second-order valence-electron chi connectivity index (χ2n) is 5.13. The minimum absolute atomic E-state index is 0.215. The van der Waals surface area contributed by atoms with Gasteiger partial charge in [0.05, 0.1) is 16.2 Å². The molecular weight excluding hydrogens is 441 g/mol. The SMILES string of the molecule is C[C@H](OC(=O)c1ccc(Br)o1)C(=O)Nc1ccc([N+](=O)[O-])cc1C(F)(F)F. The first-order chi connectivity index (χ1) is 12.5. The number of nitrogens with one attached hydrogen (secondary N) is 1. The maximum Gasteiger partial charge on any atom is 0.418 e. The Bertz CT molecular complexity index is 896. The second-order valence-corrected chi connectivity index (χ2v) is 5.91. The molecule has 12 heteroatoms. The summed E-state index contributed by atoms with van der Waals surface area (Å²) in [5, 5.41) is 12.6. The molecule has 144 valence electrons. The lowest BCUT2D eigenvalue weighted by atomic mass is 10.1. The summed E-state index contributed by atoms with van der Waals surface area (Å²) >= 11 is 2.97. The Labute approximate surface area is 157 Å². The van der Waals surface area contributed by atoms with E-state index in [4.69, 9.17) is 9.15 Å². The Morgan fingerprint density at radius 2 is 1.96 bits per heavy atom. The number of hydrogen-bond donors (Lipinski definition) is 1. The number of furan rings is 1. The van der Waals surface area contributed by atoms with Gasteiger partial charge in [-0.25, -0.2) is 4.79 Å². The molecule has 0 saturated heterocycles. The number of nitro groups is 1. The van der Waals surface area contributed by atoms with Gasteiger partial charge in [-0.2, -0.15) is 13.2 Å². The van der Waals surface area contributed by atoms with E-state index in [-0.39, 0.29) is 10.4 Å². The number of carbonyl (C=O) groups excluding carboxylic acids is 2. The number of nitro benzene ring substituents is 1. The Morgan fingerprint density at radius 1 is 1.30 bits per heavy atom. The van der Waals surface area contributed by atoms with Crippen LogP contribution in [0.2, 0.25) is 0 Å². The lowest BCUT2D eigenvalue weighted by molar-refractivity contribution is -0.385. The predicted octanol–water partition coefficient (Wildman–Crippen LogP) is 4.15. The molecule has 0 radical (unpaired) electrons. The van der Waals surface area contributed by atoms with E-state index in [1.54, 1.807) is 0 Å². The molecule has 1 amide bonds. The van der Waals surface area contributed by atoms with Crippen LogP contribution in [0.4, 0.5) is 24.5 Å². The minimum atomic E-state index is -4.95. The molecular formula is C15H10BrF3N2O6. The third-order valence-electron chi connectivity index (χ3n) is 3.20. The van der Waals surface area contributed by atoms with Crippen LogP contribution in [0, 0.1) is 10.1 Å². The van der Waals surface area contributed by atoms with Crippen molar-refractivity contribution in [3.05, 3.63) is 56.4 Å². The molecule has 2 aromatic rings. The van der Waals surface area contributed by atoms with Gasteiger partial charge >= 0.3 is 12.1 Å². The minimum Gasteiger partial charge on any atom is -0.447 e. The van der Waals surface area contributed by atoms with E-state index in [1.165, 1.54) is 12.1 Å². The van der Waals surface area contributed by atoms with Crippen LogP contribution < -0.4 is 5.32 Å². The van der Waals surface area contributed by atoms with Crippen LogP contribution in [0.15, 0.2) is 39.4 Å². The van der Waals surface area contributed by atoms with Gasteiger partial charge in [0.2, 0.25) is 5.76 Å². The summed E-state index contributed by atoms with van der Waals surface area (Å²) in [4.78, 5) is 33.5. The van der Waals surface area contributed by atoms with E-state index in [1.807, 2.05) is 5.32 Å². The number of alkyl halides is 3.